The standard InChI is InChI=1S/C13H19N3O5/c1-8-9(12(20)15-13(21)14-8)5-6-10(17)16(2)7-3-4-11(18)19/h3-7H2,1-2H3,(H,18,19)(H2,14,15,20,21). The SMILES string of the molecule is Cc1[nH]c(=O)[nH]c(=O)c1CCC(=O)N(C)CCCC(=O)O. The van der Waals surface area contributed by atoms with Crippen molar-refractivity contribution in [2.75, 3.05) is 13.6 Å². The molecule has 21 heavy (non-hydrogen) atoms. The van der Waals surface area contributed by atoms with Crippen molar-refractivity contribution in [1.29, 1.82) is 0 Å². The van der Waals surface area contributed by atoms with Gasteiger partial charge in [-0.15, -0.1) is 0 Å². The van der Waals surface area contributed by atoms with Crippen LogP contribution >= 0.6 is 0 Å². The molecule has 1 amide bonds. The van der Waals surface area contributed by atoms with Crippen LogP contribution in [0.3, 0.4) is 0 Å². The van der Waals surface area contributed by atoms with E-state index in [0.29, 0.717) is 24.2 Å². The number of nitrogens with zero attached hydrogens (tertiary/aromatic N) is 1. The summed E-state index contributed by atoms with van der Waals surface area (Å²) < 4.78 is 0. The summed E-state index contributed by atoms with van der Waals surface area (Å²) in [4.78, 5) is 51.0. The summed E-state index contributed by atoms with van der Waals surface area (Å²) in [6, 6.07) is 0. The first-order valence-corrected chi connectivity index (χ1v) is 6.59. The molecule has 0 aromatic carbocycles. The smallest absolute Gasteiger partial charge is 0.325 e. The van der Waals surface area contributed by atoms with Gasteiger partial charge in [0.2, 0.25) is 5.91 Å². The molecule has 0 saturated heterocycles. The van der Waals surface area contributed by atoms with E-state index in [1.165, 1.54) is 4.90 Å². The molecular formula is C13H19N3O5. The monoisotopic (exact) mass is 297 g/mol. The average Bonchev–Trinajstić information content (AvgIpc) is 2.36. The second-order valence-electron chi connectivity index (χ2n) is 4.82. The summed E-state index contributed by atoms with van der Waals surface area (Å²) in [5.74, 6) is -1.07. The first-order valence-electron chi connectivity index (χ1n) is 6.59. The van der Waals surface area contributed by atoms with Crippen LogP contribution in [0.4, 0.5) is 0 Å². The summed E-state index contributed by atoms with van der Waals surface area (Å²) in [6.45, 7) is 1.96. The van der Waals surface area contributed by atoms with Crippen LogP contribution in [0.2, 0.25) is 0 Å². The highest BCUT2D eigenvalue weighted by molar-refractivity contribution is 5.76. The lowest BCUT2D eigenvalue weighted by atomic mass is 10.1. The van der Waals surface area contributed by atoms with Gasteiger partial charge >= 0.3 is 11.7 Å². The van der Waals surface area contributed by atoms with E-state index in [4.69, 9.17) is 5.11 Å². The Labute approximate surface area is 120 Å². The number of carboxylic acid groups (broad SMARTS) is 1. The number of H-pyrrole nitrogens is 2. The summed E-state index contributed by atoms with van der Waals surface area (Å²) in [7, 11) is 1.59. The molecule has 3 N–H and O–H groups in total. The molecule has 0 aliphatic heterocycles. The van der Waals surface area contributed by atoms with E-state index in [0.717, 1.165) is 0 Å². The number of aromatic nitrogens is 2. The second kappa shape index (κ2) is 7.41. The predicted octanol–water partition coefficient (Wildman–Crippen LogP) is -0.373. The Morgan fingerprint density at radius 3 is 2.43 bits per heavy atom. The number of rotatable bonds is 7. The Kier molecular flexibility index (Phi) is 5.89. The highest BCUT2D eigenvalue weighted by Crippen LogP contribution is 2.03. The molecule has 0 aliphatic rings. The average molecular weight is 297 g/mol. The third-order valence-corrected chi connectivity index (χ3v) is 3.15. The van der Waals surface area contributed by atoms with Crippen LogP contribution in [0.5, 0.6) is 0 Å². The number of carbonyl (C=O) groups is 2. The summed E-state index contributed by atoms with van der Waals surface area (Å²) in [6.07, 6.45) is 0.742. The second-order valence-corrected chi connectivity index (χ2v) is 4.82. The molecule has 8 nitrogen and oxygen atoms in total. The lowest BCUT2D eigenvalue weighted by molar-refractivity contribution is -0.138. The molecule has 0 fully saturated rings. The molecule has 0 spiro atoms. The number of carboxylic acids is 1. The van der Waals surface area contributed by atoms with Crippen molar-refractivity contribution in [2.45, 2.75) is 32.6 Å². The Bertz CT molecular complexity index is 631. The number of amides is 1. The minimum absolute atomic E-state index is 0.0102. The van der Waals surface area contributed by atoms with Gasteiger partial charge in [-0.1, -0.05) is 0 Å². The Morgan fingerprint density at radius 1 is 1.19 bits per heavy atom. The number of hydrogen-bond donors (Lipinski definition) is 3. The van der Waals surface area contributed by atoms with E-state index < -0.39 is 17.2 Å². The molecule has 0 saturated carbocycles. The molecule has 8 heteroatoms. The fourth-order valence-electron chi connectivity index (χ4n) is 1.94. The van der Waals surface area contributed by atoms with Crippen LogP contribution in [0.15, 0.2) is 9.59 Å². The van der Waals surface area contributed by atoms with Gasteiger partial charge in [0.1, 0.15) is 0 Å². The molecule has 0 atom stereocenters. The Balaban J connectivity index is 2.55. The van der Waals surface area contributed by atoms with Crippen molar-refractivity contribution in [2.24, 2.45) is 0 Å². The Morgan fingerprint density at radius 2 is 1.86 bits per heavy atom. The minimum Gasteiger partial charge on any atom is -0.481 e. The molecule has 1 aromatic heterocycles. The largest absolute Gasteiger partial charge is 0.481 e. The predicted molar refractivity (Wildman–Crippen MR) is 75.2 cm³/mol. The molecule has 116 valence electrons. The van der Waals surface area contributed by atoms with Crippen LogP contribution in [0, 0.1) is 6.92 Å². The van der Waals surface area contributed by atoms with E-state index in [9.17, 15) is 19.2 Å². The van der Waals surface area contributed by atoms with Crippen LogP contribution in [0.25, 0.3) is 0 Å². The van der Waals surface area contributed by atoms with Gasteiger partial charge < -0.3 is 15.0 Å². The molecule has 0 radical (unpaired) electrons. The zero-order valence-corrected chi connectivity index (χ0v) is 12.1. The highest BCUT2D eigenvalue weighted by Gasteiger charge is 2.12. The van der Waals surface area contributed by atoms with Crippen molar-refractivity contribution in [3.05, 3.63) is 32.1 Å². The first kappa shape index (κ1) is 16.7. The fourth-order valence-corrected chi connectivity index (χ4v) is 1.94. The lowest BCUT2D eigenvalue weighted by Gasteiger charge is -2.16. The van der Waals surface area contributed by atoms with E-state index >= 15 is 0 Å². The number of aryl methyl sites for hydroxylation is 1. The number of hydrogen-bond acceptors (Lipinski definition) is 4. The minimum atomic E-state index is -0.897. The number of aromatic amines is 2. The van der Waals surface area contributed by atoms with Crippen molar-refractivity contribution in [3.8, 4) is 0 Å². The summed E-state index contributed by atoms with van der Waals surface area (Å²) in [5.41, 5.74) is -0.233. The van der Waals surface area contributed by atoms with Gasteiger partial charge in [0.25, 0.3) is 5.56 Å². The zero-order chi connectivity index (χ0) is 16.0. The van der Waals surface area contributed by atoms with Gasteiger partial charge in [-0.2, -0.15) is 0 Å². The molecule has 1 aromatic rings. The topological polar surface area (TPSA) is 123 Å². The van der Waals surface area contributed by atoms with E-state index in [2.05, 4.69) is 9.97 Å². The number of aliphatic carboxylic acids is 1. The molecule has 0 bridgehead atoms. The quantitative estimate of drug-likeness (QED) is 0.633. The maximum absolute atomic E-state index is 11.9. The maximum Gasteiger partial charge on any atom is 0.325 e. The Hall–Kier alpha value is -2.38. The molecule has 1 heterocycles. The molecule has 0 unspecified atom stereocenters. The van der Waals surface area contributed by atoms with Crippen LogP contribution in [-0.4, -0.2) is 45.4 Å². The van der Waals surface area contributed by atoms with Gasteiger partial charge in [0.05, 0.1) is 0 Å². The zero-order valence-electron chi connectivity index (χ0n) is 12.1. The van der Waals surface area contributed by atoms with E-state index in [-0.39, 0.29) is 25.2 Å². The van der Waals surface area contributed by atoms with Crippen LogP contribution in [-0.2, 0) is 16.0 Å². The van der Waals surface area contributed by atoms with Crippen molar-refractivity contribution < 1.29 is 14.7 Å². The molecule has 1 rings (SSSR count). The highest BCUT2D eigenvalue weighted by atomic mass is 16.4. The van der Waals surface area contributed by atoms with Gasteiger partial charge in [-0.25, -0.2) is 4.79 Å². The number of nitrogens with one attached hydrogen (secondary N) is 2. The van der Waals surface area contributed by atoms with Gasteiger partial charge in [-0.05, 0) is 19.8 Å². The van der Waals surface area contributed by atoms with Gasteiger partial charge in [-0.3, -0.25) is 19.4 Å². The van der Waals surface area contributed by atoms with Crippen LogP contribution in [0.1, 0.15) is 30.5 Å². The van der Waals surface area contributed by atoms with Crippen LogP contribution < -0.4 is 11.2 Å². The van der Waals surface area contributed by atoms with Gasteiger partial charge in [0.15, 0.2) is 0 Å². The normalized spacial score (nSPS) is 10.4. The van der Waals surface area contributed by atoms with Crippen molar-refractivity contribution >= 4 is 11.9 Å². The maximum atomic E-state index is 11.9. The summed E-state index contributed by atoms with van der Waals surface area (Å²) >= 11 is 0. The molecular weight excluding hydrogens is 278 g/mol. The van der Waals surface area contributed by atoms with Crippen molar-refractivity contribution in [1.82, 2.24) is 14.9 Å². The third-order valence-electron chi connectivity index (χ3n) is 3.15. The first-order chi connectivity index (χ1) is 9.81. The van der Waals surface area contributed by atoms with E-state index in [1.807, 2.05) is 0 Å². The molecule has 0 aliphatic carbocycles. The van der Waals surface area contributed by atoms with E-state index in [1.54, 1.807) is 14.0 Å². The van der Waals surface area contributed by atoms with Gasteiger partial charge in [0, 0.05) is 37.7 Å². The fraction of sp³-hybridized carbons (Fsp3) is 0.538. The third kappa shape index (κ3) is 5.25. The summed E-state index contributed by atoms with van der Waals surface area (Å²) in [5, 5.41) is 8.53. The lowest BCUT2D eigenvalue weighted by Crippen LogP contribution is -2.30. The number of carbonyl (C=O) groups excluding carboxylic acids is 1. The van der Waals surface area contributed by atoms with Crippen molar-refractivity contribution in [3.63, 3.8) is 0 Å².